The Bertz CT molecular complexity index is 898. The molecule has 0 fully saturated rings. The Morgan fingerprint density at radius 3 is 2.37 bits per heavy atom. The standard InChI is InChI=1S/C19H22Cl2N2O4/c1-10-7-12(15(21)11(2)14(10)20)16(24)13-8-22-23(6)17(13)26-9-27-18(25)19(3,4)5/h7-8H,9H2,1-6H3. The van der Waals surface area contributed by atoms with Gasteiger partial charge in [0.25, 0.3) is 0 Å². The summed E-state index contributed by atoms with van der Waals surface area (Å²) in [5.74, 6) is -0.583. The minimum absolute atomic E-state index is 0.183. The molecule has 27 heavy (non-hydrogen) atoms. The number of benzene rings is 1. The number of halogens is 2. The predicted molar refractivity (Wildman–Crippen MR) is 104 cm³/mol. The van der Waals surface area contributed by atoms with Crippen LogP contribution in [0, 0.1) is 19.3 Å². The molecule has 0 amide bonds. The van der Waals surface area contributed by atoms with E-state index in [1.807, 2.05) is 0 Å². The number of aromatic nitrogens is 2. The Kier molecular flexibility index (Phi) is 6.22. The highest BCUT2D eigenvalue weighted by Gasteiger charge is 2.25. The molecule has 0 aliphatic heterocycles. The Morgan fingerprint density at radius 2 is 1.78 bits per heavy atom. The van der Waals surface area contributed by atoms with Gasteiger partial charge in [-0.15, -0.1) is 0 Å². The van der Waals surface area contributed by atoms with Gasteiger partial charge in [-0.05, 0) is 51.8 Å². The number of carbonyl (C=O) groups excluding carboxylic acids is 2. The van der Waals surface area contributed by atoms with Crippen molar-refractivity contribution in [2.75, 3.05) is 6.79 Å². The van der Waals surface area contributed by atoms with Crippen LogP contribution in [-0.2, 0) is 16.6 Å². The Balaban J connectivity index is 2.29. The largest absolute Gasteiger partial charge is 0.440 e. The molecule has 6 nitrogen and oxygen atoms in total. The zero-order valence-electron chi connectivity index (χ0n) is 16.1. The van der Waals surface area contributed by atoms with Crippen molar-refractivity contribution >= 4 is 35.0 Å². The molecule has 1 aromatic carbocycles. The molecule has 1 aromatic heterocycles. The maximum Gasteiger partial charge on any atom is 0.314 e. The SMILES string of the molecule is Cc1cc(C(=O)c2cnn(C)c2OCOC(=O)C(C)(C)C)c(Cl)c(C)c1Cl. The van der Waals surface area contributed by atoms with Gasteiger partial charge in [0.05, 0.1) is 16.6 Å². The van der Waals surface area contributed by atoms with Crippen molar-refractivity contribution in [2.24, 2.45) is 12.5 Å². The van der Waals surface area contributed by atoms with Crippen LogP contribution >= 0.6 is 23.2 Å². The zero-order chi connectivity index (χ0) is 20.5. The second kappa shape index (κ2) is 7.90. The molecule has 0 bridgehead atoms. The van der Waals surface area contributed by atoms with E-state index in [2.05, 4.69) is 5.10 Å². The molecular weight excluding hydrogens is 391 g/mol. The van der Waals surface area contributed by atoms with Crippen molar-refractivity contribution in [1.82, 2.24) is 9.78 Å². The van der Waals surface area contributed by atoms with Crippen molar-refractivity contribution in [1.29, 1.82) is 0 Å². The molecule has 0 saturated heterocycles. The maximum absolute atomic E-state index is 13.0. The van der Waals surface area contributed by atoms with Gasteiger partial charge in [0.2, 0.25) is 18.5 Å². The molecule has 0 saturated carbocycles. The number of rotatable bonds is 5. The smallest absolute Gasteiger partial charge is 0.314 e. The fourth-order valence-corrected chi connectivity index (χ4v) is 2.79. The normalized spacial score (nSPS) is 11.4. The second-order valence-corrected chi connectivity index (χ2v) is 8.01. The zero-order valence-corrected chi connectivity index (χ0v) is 17.7. The molecule has 0 unspecified atom stereocenters. The van der Waals surface area contributed by atoms with Crippen LogP contribution in [0.25, 0.3) is 0 Å². The average Bonchev–Trinajstić information content (AvgIpc) is 2.95. The van der Waals surface area contributed by atoms with Gasteiger partial charge >= 0.3 is 5.97 Å². The summed E-state index contributed by atoms with van der Waals surface area (Å²) in [5.41, 5.74) is 1.24. The quantitative estimate of drug-likeness (QED) is 0.410. The first-order valence-corrected chi connectivity index (χ1v) is 9.02. The second-order valence-electron chi connectivity index (χ2n) is 7.25. The highest BCUT2D eigenvalue weighted by molar-refractivity contribution is 6.39. The maximum atomic E-state index is 13.0. The van der Waals surface area contributed by atoms with Gasteiger partial charge in [-0.25, -0.2) is 4.68 Å². The van der Waals surface area contributed by atoms with E-state index in [1.54, 1.807) is 47.7 Å². The van der Waals surface area contributed by atoms with Crippen molar-refractivity contribution in [3.05, 3.63) is 44.6 Å². The minimum Gasteiger partial charge on any atom is -0.440 e. The number of hydrogen-bond acceptors (Lipinski definition) is 5. The number of aryl methyl sites for hydroxylation is 2. The van der Waals surface area contributed by atoms with Crippen LogP contribution in [0.1, 0.15) is 47.8 Å². The van der Waals surface area contributed by atoms with E-state index in [0.717, 1.165) is 5.56 Å². The van der Waals surface area contributed by atoms with Crippen LogP contribution in [0.5, 0.6) is 5.88 Å². The van der Waals surface area contributed by atoms with Crippen molar-refractivity contribution in [2.45, 2.75) is 34.6 Å². The lowest BCUT2D eigenvalue weighted by Crippen LogP contribution is -2.25. The van der Waals surface area contributed by atoms with E-state index < -0.39 is 11.4 Å². The van der Waals surface area contributed by atoms with Gasteiger partial charge in [-0.3, -0.25) is 9.59 Å². The summed E-state index contributed by atoms with van der Waals surface area (Å²) in [5, 5.41) is 4.87. The van der Waals surface area contributed by atoms with E-state index in [-0.39, 0.29) is 29.0 Å². The minimum atomic E-state index is -0.652. The van der Waals surface area contributed by atoms with Gasteiger partial charge < -0.3 is 9.47 Å². The van der Waals surface area contributed by atoms with Gasteiger partial charge in [-0.2, -0.15) is 5.10 Å². The molecule has 0 atom stereocenters. The monoisotopic (exact) mass is 412 g/mol. The molecular formula is C19H22Cl2N2O4. The number of ketones is 1. The van der Waals surface area contributed by atoms with Gasteiger partial charge in [0.1, 0.15) is 5.56 Å². The Hall–Kier alpha value is -2.05. The lowest BCUT2D eigenvalue weighted by Gasteiger charge is -2.17. The fourth-order valence-electron chi connectivity index (χ4n) is 2.36. The topological polar surface area (TPSA) is 70.4 Å². The average molecular weight is 413 g/mol. The van der Waals surface area contributed by atoms with Crippen LogP contribution in [0.3, 0.4) is 0 Å². The molecule has 146 valence electrons. The Labute approximate surface area is 168 Å². The summed E-state index contributed by atoms with van der Waals surface area (Å²) < 4.78 is 12.0. The van der Waals surface area contributed by atoms with Crippen LogP contribution < -0.4 is 4.74 Å². The number of esters is 1. The van der Waals surface area contributed by atoms with Gasteiger partial charge in [0, 0.05) is 17.6 Å². The van der Waals surface area contributed by atoms with Gasteiger partial charge in [-0.1, -0.05) is 23.2 Å². The van der Waals surface area contributed by atoms with E-state index in [4.69, 9.17) is 32.7 Å². The van der Waals surface area contributed by atoms with Crippen LogP contribution in [0.4, 0.5) is 0 Å². The van der Waals surface area contributed by atoms with E-state index in [0.29, 0.717) is 16.1 Å². The summed E-state index contributed by atoms with van der Waals surface area (Å²) in [6, 6.07) is 1.64. The van der Waals surface area contributed by atoms with Crippen molar-refractivity contribution in [3.63, 3.8) is 0 Å². The van der Waals surface area contributed by atoms with Crippen molar-refractivity contribution in [3.8, 4) is 5.88 Å². The van der Waals surface area contributed by atoms with Crippen molar-refractivity contribution < 1.29 is 19.1 Å². The molecule has 8 heteroatoms. The number of carbonyl (C=O) groups is 2. The van der Waals surface area contributed by atoms with Crippen LogP contribution in [-0.4, -0.2) is 28.3 Å². The first-order chi connectivity index (χ1) is 12.4. The molecule has 0 aliphatic rings. The van der Waals surface area contributed by atoms with E-state index >= 15 is 0 Å². The summed E-state index contributed by atoms with van der Waals surface area (Å²) in [6.07, 6.45) is 1.39. The van der Waals surface area contributed by atoms with Crippen LogP contribution in [0.2, 0.25) is 10.0 Å². The van der Waals surface area contributed by atoms with Crippen LogP contribution in [0.15, 0.2) is 12.3 Å². The lowest BCUT2D eigenvalue weighted by atomic mass is 9.98. The van der Waals surface area contributed by atoms with E-state index in [9.17, 15) is 9.59 Å². The first kappa shape index (κ1) is 21.3. The summed E-state index contributed by atoms with van der Waals surface area (Å²) in [4.78, 5) is 24.9. The molecule has 0 aliphatic carbocycles. The molecule has 0 radical (unpaired) electrons. The molecule has 2 rings (SSSR count). The molecule has 0 spiro atoms. The molecule has 2 aromatic rings. The first-order valence-electron chi connectivity index (χ1n) is 8.27. The highest BCUT2D eigenvalue weighted by Crippen LogP contribution is 2.33. The Morgan fingerprint density at radius 1 is 1.15 bits per heavy atom. The third-order valence-electron chi connectivity index (χ3n) is 3.97. The highest BCUT2D eigenvalue weighted by atomic mass is 35.5. The number of hydrogen-bond donors (Lipinski definition) is 0. The number of ether oxygens (including phenoxy) is 2. The van der Waals surface area contributed by atoms with Gasteiger partial charge in [0.15, 0.2) is 0 Å². The third kappa shape index (κ3) is 4.45. The summed E-state index contributed by atoms with van der Waals surface area (Å²) >= 11 is 12.5. The molecule has 1 heterocycles. The predicted octanol–water partition coefficient (Wildman–Crippen LogP) is 4.50. The third-order valence-corrected chi connectivity index (χ3v) is 5.04. The lowest BCUT2D eigenvalue weighted by molar-refractivity contribution is -0.159. The van der Waals surface area contributed by atoms with E-state index in [1.165, 1.54) is 10.9 Å². The number of nitrogens with zero attached hydrogens (tertiary/aromatic N) is 2. The summed E-state index contributed by atoms with van der Waals surface area (Å²) in [7, 11) is 1.62. The summed E-state index contributed by atoms with van der Waals surface area (Å²) in [6.45, 7) is 8.43. The fraction of sp³-hybridized carbons (Fsp3) is 0.421. The molecule has 0 N–H and O–H groups in total.